The third-order valence-electron chi connectivity index (χ3n) is 4.52. The Morgan fingerprint density at radius 1 is 1.27 bits per heavy atom. The van der Waals surface area contributed by atoms with Gasteiger partial charge < -0.3 is 15.4 Å². The van der Waals surface area contributed by atoms with Crippen LogP contribution in [0.2, 0.25) is 0 Å². The molecule has 0 radical (unpaired) electrons. The van der Waals surface area contributed by atoms with E-state index in [9.17, 15) is 4.79 Å². The molecule has 3 atom stereocenters. The fourth-order valence-electron chi connectivity index (χ4n) is 3.47. The molecule has 1 saturated heterocycles. The van der Waals surface area contributed by atoms with Crippen LogP contribution < -0.4 is 10.6 Å². The Morgan fingerprint density at radius 2 is 2.09 bits per heavy atom. The monoisotopic (exact) mass is 324 g/mol. The minimum Gasteiger partial charge on any atom is -0.378 e. The molecule has 0 bridgehead atoms. The summed E-state index contributed by atoms with van der Waals surface area (Å²) in [5.41, 5.74) is 1.35. The highest BCUT2D eigenvalue weighted by Gasteiger charge is 2.30. The average Bonchev–Trinajstić information content (AvgIpc) is 2.97. The number of morpholine rings is 1. The summed E-state index contributed by atoms with van der Waals surface area (Å²) in [4.78, 5) is 12.2. The van der Waals surface area contributed by atoms with Gasteiger partial charge in [0.15, 0.2) is 0 Å². The van der Waals surface area contributed by atoms with Gasteiger partial charge in [0.25, 0.3) is 0 Å². The smallest absolute Gasteiger partial charge is 0.221 e. The summed E-state index contributed by atoms with van der Waals surface area (Å²) in [5, 5.41) is 6.57. The van der Waals surface area contributed by atoms with Crippen molar-refractivity contribution in [3.8, 4) is 0 Å². The van der Waals surface area contributed by atoms with Crippen LogP contribution in [0.1, 0.15) is 37.2 Å². The zero-order chi connectivity index (χ0) is 14.5. The lowest BCUT2D eigenvalue weighted by Gasteiger charge is -2.25. The highest BCUT2D eigenvalue weighted by Crippen LogP contribution is 2.34. The Kier molecular flexibility index (Phi) is 6.68. The number of halogens is 1. The second-order valence-corrected chi connectivity index (χ2v) is 6.05. The molecule has 1 heterocycles. The van der Waals surface area contributed by atoms with E-state index in [0.717, 1.165) is 19.6 Å². The Morgan fingerprint density at radius 3 is 2.82 bits per heavy atom. The molecule has 2 aliphatic rings. The number of hydrogen-bond donors (Lipinski definition) is 2. The number of carbonyl (C=O) groups is 1. The van der Waals surface area contributed by atoms with Crippen molar-refractivity contribution in [1.82, 2.24) is 10.6 Å². The predicted molar refractivity (Wildman–Crippen MR) is 89.4 cm³/mol. The van der Waals surface area contributed by atoms with Crippen LogP contribution >= 0.6 is 12.4 Å². The summed E-state index contributed by atoms with van der Waals surface area (Å²) >= 11 is 0. The maximum absolute atomic E-state index is 12.2. The molecule has 4 nitrogen and oxygen atoms in total. The summed E-state index contributed by atoms with van der Waals surface area (Å²) in [6.45, 7) is 2.23. The minimum absolute atomic E-state index is 0. The van der Waals surface area contributed by atoms with E-state index in [0.29, 0.717) is 18.9 Å². The van der Waals surface area contributed by atoms with Crippen LogP contribution in [-0.2, 0) is 9.53 Å². The molecule has 1 aromatic carbocycles. The van der Waals surface area contributed by atoms with Crippen molar-refractivity contribution >= 4 is 18.3 Å². The quantitative estimate of drug-likeness (QED) is 0.893. The van der Waals surface area contributed by atoms with Gasteiger partial charge in [-0.15, -0.1) is 12.4 Å². The normalized spacial score (nSPS) is 27.9. The Labute approximate surface area is 138 Å². The Hall–Kier alpha value is -1.10. The standard InChI is InChI=1S/C17H24N2O2.ClH/c20-17(11-14-12-21-10-9-18-14)19-16-8-4-7-15(16)13-5-2-1-3-6-13;/h1-3,5-6,14-16,18H,4,7-12H2,(H,19,20);1H. The van der Waals surface area contributed by atoms with E-state index in [1.54, 1.807) is 0 Å². The van der Waals surface area contributed by atoms with Crippen LogP contribution in [-0.4, -0.2) is 37.7 Å². The summed E-state index contributed by atoms with van der Waals surface area (Å²) in [6.07, 6.45) is 3.95. The summed E-state index contributed by atoms with van der Waals surface area (Å²) in [6, 6.07) is 11.0. The van der Waals surface area contributed by atoms with E-state index in [-0.39, 0.29) is 30.4 Å². The van der Waals surface area contributed by atoms with Crippen LogP contribution in [0.15, 0.2) is 30.3 Å². The minimum atomic E-state index is 0. The van der Waals surface area contributed by atoms with Crippen LogP contribution in [0.3, 0.4) is 0 Å². The molecule has 1 aliphatic heterocycles. The fourth-order valence-corrected chi connectivity index (χ4v) is 3.47. The molecule has 2 N–H and O–H groups in total. The first-order valence-corrected chi connectivity index (χ1v) is 7.98. The number of hydrogen-bond acceptors (Lipinski definition) is 3. The molecule has 5 heteroatoms. The van der Waals surface area contributed by atoms with Crippen molar-refractivity contribution in [1.29, 1.82) is 0 Å². The highest BCUT2D eigenvalue weighted by molar-refractivity contribution is 5.85. The molecular formula is C17H25ClN2O2. The van der Waals surface area contributed by atoms with Crippen molar-refractivity contribution in [2.45, 2.75) is 43.7 Å². The van der Waals surface area contributed by atoms with Gasteiger partial charge in [-0.3, -0.25) is 4.79 Å². The van der Waals surface area contributed by atoms with E-state index < -0.39 is 0 Å². The first-order valence-electron chi connectivity index (χ1n) is 7.98. The van der Waals surface area contributed by atoms with Crippen molar-refractivity contribution < 1.29 is 9.53 Å². The molecule has 1 amide bonds. The maximum atomic E-state index is 12.2. The van der Waals surface area contributed by atoms with Crippen molar-refractivity contribution in [3.63, 3.8) is 0 Å². The van der Waals surface area contributed by atoms with E-state index in [1.165, 1.54) is 18.4 Å². The zero-order valence-electron chi connectivity index (χ0n) is 12.8. The lowest BCUT2D eigenvalue weighted by Crippen LogP contribution is -2.46. The molecule has 22 heavy (non-hydrogen) atoms. The largest absolute Gasteiger partial charge is 0.378 e. The third-order valence-corrected chi connectivity index (χ3v) is 4.52. The van der Waals surface area contributed by atoms with Gasteiger partial charge in [-0.25, -0.2) is 0 Å². The first kappa shape index (κ1) is 17.3. The van der Waals surface area contributed by atoms with Gasteiger partial charge in [-0.05, 0) is 18.4 Å². The van der Waals surface area contributed by atoms with E-state index in [2.05, 4.69) is 34.9 Å². The molecule has 3 rings (SSSR count). The van der Waals surface area contributed by atoms with Crippen LogP contribution in [0.4, 0.5) is 0 Å². The maximum Gasteiger partial charge on any atom is 0.221 e. The van der Waals surface area contributed by atoms with Gasteiger partial charge in [0.1, 0.15) is 0 Å². The predicted octanol–water partition coefficient (Wildman–Crippen LogP) is 2.24. The molecule has 122 valence electrons. The lowest BCUT2D eigenvalue weighted by atomic mass is 9.94. The second kappa shape index (κ2) is 8.51. The molecule has 0 aromatic heterocycles. The van der Waals surface area contributed by atoms with E-state index in [1.807, 2.05) is 6.07 Å². The van der Waals surface area contributed by atoms with Gasteiger partial charge in [0.05, 0.1) is 13.2 Å². The number of ether oxygens (including phenoxy) is 1. The summed E-state index contributed by atoms with van der Waals surface area (Å²) < 4.78 is 5.40. The topological polar surface area (TPSA) is 50.4 Å². The second-order valence-electron chi connectivity index (χ2n) is 6.05. The zero-order valence-corrected chi connectivity index (χ0v) is 13.6. The van der Waals surface area contributed by atoms with Crippen molar-refractivity contribution in [2.75, 3.05) is 19.8 Å². The van der Waals surface area contributed by atoms with Crippen molar-refractivity contribution in [3.05, 3.63) is 35.9 Å². The lowest BCUT2D eigenvalue weighted by molar-refractivity contribution is -0.123. The Balaban J connectivity index is 0.00000176. The number of benzene rings is 1. The van der Waals surface area contributed by atoms with Gasteiger partial charge in [-0.1, -0.05) is 36.8 Å². The van der Waals surface area contributed by atoms with Crippen LogP contribution in [0.25, 0.3) is 0 Å². The van der Waals surface area contributed by atoms with Crippen LogP contribution in [0.5, 0.6) is 0 Å². The average molecular weight is 325 g/mol. The van der Waals surface area contributed by atoms with Gasteiger partial charge in [0.2, 0.25) is 5.91 Å². The number of rotatable bonds is 4. The number of amides is 1. The van der Waals surface area contributed by atoms with Crippen molar-refractivity contribution in [2.24, 2.45) is 0 Å². The van der Waals surface area contributed by atoms with Gasteiger partial charge >= 0.3 is 0 Å². The van der Waals surface area contributed by atoms with E-state index in [4.69, 9.17) is 4.74 Å². The first-order chi connectivity index (χ1) is 10.3. The van der Waals surface area contributed by atoms with Gasteiger partial charge in [-0.2, -0.15) is 0 Å². The summed E-state index contributed by atoms with van der Waals surface area (Å²) in [7, 11) is 0. The summed E-state index contributed by atoms with van der Waals surface area (Å²) in [5.74, 6) is 0.608. The highest BCUT2D eigenvalue weighted by atomic mass is 35.5. The Bertz CT molecular complexity index is 463. The molecule has 1 aliphatic carbocycles. The molecule has 3 unspecified atom stereocenters. The SMILES string of the molecule is Cl.O=C(CC1COCCN1)NC1CCCC1c1ccccc1. The number of carbonyl (C=O) groups excluding carboxylic acids is 1. The molecular weight excluding hydrogens is 300 g/mol. The fraction of sp³-hybridized carbons (Fsp3) is 0.588. The molecule has 0 spiro atoms. The molecule has 1 aromatic rings. The van der Waals surface area contributed by atoms with Gasteiger partial charge in [0, 0.05) is 31.0 Å². The molecule has 2 fully saturated rings. The molecule has 1 saturated carbocycles. The third kappa shape index (κ3) is 4.45. The van der Waals surface area contributed by atoms with E-state index >= 15 is 0 Å². The van der Waals surface area contributed by atoms with Crippen LogP contribution in [0, 0.1) is 0 Å². The number of nitrogens with one attached hydrogen (secondary N) is 2.